The summed E-state index contributed by atoms with van der Waals surface area (Å²) in [5.74, 6) is -2.30. The highest BCUT2D eigenvalue weighted by atomic mass is 16.7. The molecular formula is C22H26N6O7. The zero-order valence-corrected chi connectivity index (χ0v) is 18.9. The molecule has 0 saturated heterocycles. The Balaban J connectivity index is 2.08. The van der Waals surface area contributed by atoms with Gasteiger partial charge in [-0.2, -0.15) is 0 Å². The molecule has 1 atom stereocenters. The highest BCUT2D eigenvalue weighted by Crippen LogP contribution is 2.18. The molecule has 6 N–H and O–H groups in total. The third-order valence-electron chi connectivity index (χ3n) is 4.62. The lowest BCUT2D eigenvalue weighted by molar-refractivity contribution is -0.525. The second kappa shape index (κ2) is 13.1. The normalized spacial score (nSPS) is 11.7. The van der Waals surface area contributed by atoms with Crippen LogP contribution < -0.4 is 21.8 Å². The number of amides is 2. The number of hydrogen-bond acceptors (Lipinski definition) is 7. The SMILES string of the molecule is Cc1ccc(C(=O)O)c(NC(=O)[C@H](CCCN=C(N)N[N+](=O)[O-])NC(=O)OCc2ccccc2)c1. The van der Waals surface area contributed by atoms with Crippen molar-refractivity contribution in [2.45, 2.75) is 32.4 Å². The number of anilines is 1. The van der Waals surface area contributed by atoms with Gasteiger partial charge in [0.2, 0.25) is 5.91 Å². The standard InChI is InChI=1S/C22H26N6O7/c1-14-9-10-16(20(30)31)18(12-14)25-19(29)17(8-5-11-24-21(23)27-28(33)34)26-22(32)35-13-15-6-3-2-4-7-15/h2-4,6-7,9-10,12,17H,5,8,11,13H2,1H3,(H,25,29)(H,26,32)(H,30,31)(H3,23,24,27)/t17-/m0/s1. The molecule has 0 aliphatic heterocycles. The van der Waals surface area contributed by atoms with Crippen LogP contribution in [0.5, 0.6) is 0 Å². The summed E-state index contributed by atoms with van der Waals surface area (Å²) in [5.41, 5.74) is 8.49. The number of nitrogens with two attached hydrogens (primary N) is 1. The van der Waals surface area contributed by atoms with Crippen molar-refractivity contribution in [2.75, 3.05) is 11.9 Å². The van der Waals surface area contributed by atoms with Gasteiger partial charge in [0.05, 0.1) is 11.3 Å². The van der Waals surface area contributed by atoms with Gasteiger partial charge in [0, 0.05) is 6.54 Å². The van der Waals surface area contributed by atoms with Gasteiger partial charge in [-0.3, -0.25) is 4.79 Å². The van der Waals surface area contributed by atoms with Crippen molar-refractivity contribution >= 4 is 29.6 Å². The maximum absolute atomic E-state index is 12.9. The van der Waals surface area contributed by atoms with E-state index in [2.05, 4.69) is 15.6 Å². The number of hydrogen-bond donors (Lipinski definition) is 5. The van der Waals surface area contributed by atoms with Gasteiger partial charge in [-0.25, -0.2) is 24.7 Å². The number of nitrogens with one attached hydrogen (secondary N) is 3. The van der Waals surface area contributed by atoms with E-state index in [0.717, 1.165) is 11.1 Å². The number of carboxylic acid groups (broad SMARTS) is 1. The van der Waals surface area contributed by atoms with Crippen molar-refractivity contribution in [1.82, 2.24) is 10.7 Å². The molecule has 0 radical (unpaired) electrons. The van der Waals surface area contributed by atoms with Gasteiger partial charge in [0.25, 0.3) is 5.96 Å². The minimum Gasteiger partial charge on any atom is -0.478 e. The number of hydrazine groups is 1. The lowest BCUT2D eigenvalue weighted by Gasteiger charge is -2.19. The second-order valence-corrected chi connectivity index (χ2v) is 7.38. The van der Waals surface area contributed by atoms with Crippen LogP contribution in [0.2, 0.25) is 0 Å². The van der Waals surface area contributed by atoms with Crippen LogP contribution in [-0.2, 0) is 16.1 Å². The van der Waals surface area contributed by atoms with Gasteiger partial charge in [0.1, 0.15) is 12.6 Å². The van der Waals surface area contributed by atoms with Gasteiger partial charge < -0.3 is 26.2 Å². The lowest BCUT2D eigenvalue weighted by atomic mass is 10.1. The number of carbonyl (C=O) groups is 3. The van der Waals surface area contributed by atoms with Crippen LogP contribution in [0.1, 0.15) is 34.3 Å². The van der Waals surface area contributed by atoms with Crippen LogP contribution >= 0.6 is 0 Å². The average molecular weight is 486 g/mol. The van der Waals surface area contributed by atoms with E-state index in [4.69, 9.17) is 10.5 Å². The van der Waals surface area contributed by atoms with E-state index >= 15 is 0 Å². The number of alkyl carbamates (subject to hydrolysis) is 1. The number of rotatable bonds is 11. The first-order chi connectivity index (χ1) is 16.7. The van der Waals surface area contributed by atoms with E-state index in [1.807, 2.05) is 6.07 Å². The van der Waals surface area contributed by atoms with E-state index < -0.39 is 35.0 Å². The Hall–Kier alpha value is -4.68. The van der Waals surface area contributed by atoms with Crippen LogP contribution in [-0.4, -0.2) is 46.7 Å². The van der Waals surface area contributed by atoms with Crippen molar-refractivity contribution in [1.29, 1.82) is 0 Å². The fourth-order valence-corrected chi connectivity index (χ4v) is 2.97. The van der Waals surface area contributed by atoms with Crippen molar-refractivity contribution in [2.24, 2.45) is 10.7 Å². The van der Waals surface area contributed by atoms with Crippen LogP contribution in [0, 0.1) is 17.0 Å². The van der Waals surface area contributed by atoms with Gasteiger partial charge in [-0.05, 0) is 43.0 Å². The summed E-state index contributed by atoms with van der Waals surface area (Å²) in [5, 5.41) is 23.9. The summed E-state index contributed by atoms with van der Waals surface area (Å²) in [6.07, 6.45) is -0.568. The Morgan fingerprint density at radius 1 is 1.20 bits per heavy atom. The maximum Gasteiger partial charge on any atom is 0.408 e. The summed E-state index contributed by atoms with van der Waals surface area (Å²) in [6.45, 7) is 1.75. The predicted octanol–water partition coefficient (Wildman–Crippen LogP) is 1.80. The number of carboxylic acids is 1. The van der Waals surface area contributed by atoms with Crippen LogP contribution in [0.3, 0.4) is 0 Å². The number of ether oxygens (including phenoxy) is 1. The zero-order valence-electron chi connectivity index (χ0n) is 18.9. The number of guanidine groups is 1. The quantitative estimate of drug-likeness (QED) is 0.103. The number of nitrogens with zero attached hydrogens (tertiary/aromatic N) is 2. The van der Waals surface area contributed by atoms with Crippen molar-refractivity contribution < 1.29 is 29.3 Å². The molecule has 2 aromatic carbocycles. The molecular weight excluding hydrogens is 460 g/mol. The largest absolute Gasteiger partial charge is 0.478 e. The summed E-state index contributed by atoms with van der Waals surface area (Å²) in [4.78, 5) is 50.9. The van der Waals surface area contributed by atoms with Gasteiger partial charge in [-0.1, -0.05) is 41.8 Å². The van der Waals surface area contributed by atoms with E-state index in [1.54, 1.807) is 42.7 Å². The number of benzene rings is 2. The maximum atomic E-state index is 12.9. The Bertz CT molecular complexity index is 1090. The number of aliphatic imine (C=N–C) groups is 1. The van der Waals surface area contributed by atoms with Gasteiger partial charge in [-0.15, -0.1) is 0 Å². The molecule has 35 heavy (non-hydrogen) atoms. The molecule has 0 heterocycles. The molecule has 2 aromatic rings. The number of carbonyl (C=O) groups excluding carboxylic acids is 2. The summed E-state index contributed by atoms with van der Waals surface area (Å²) in [6, 6.07) is 12.3. The Labute approximate surface area is 200 Å². The molecule has 186 valence electrons. The first-order valence-corrected chi connectivity index (χ1v) is 10.5. The summed E-state index contributed by atoms with van der Waals surface area (Å²) in [7, 11) is 0. The van der Waals surface area contributed by atoms with Gasteiger partial charge in [0.15, 0.2) is 5.03 Å². The number of nitro groups is 1. The Kier molecular flexibility index (Phi) is 9.97. The molecule has 2 amide bonds. The summed E-state index contributed by atoms with van der Waals surface area (Å²) >= 11 is 0. The van der Waals surface area contributed by atoms with Crippen LogP contribution in [0.25, 0.3) is 0 Å². The molecule has 0 aromatic heterocycles. The third kappa shape index (κ3) is 9.37. The van der Waals surface area contributed by atoms with E-state index in [0.29, 0.717) is 0 Å². The first kappa shape index (κ1) is 26.6. The second-order valence-electron chi connectivity index (χ2n) is 7.38. The average Bonchev–Trinajstić information content (AvgIpc) is 2.79. The van der Waals surface area contributed by atoms with E-state index in [-0.39, 0.29) is 37.2 Å². The third-order valence-corrected chi connectivity index (χ3v) is 4.62. The molecule has 0 bridgehead atoms. The molecule has 0 unspecified atom stereocenters. The minimum atomic E-state index is -1.23. The molecule has 0 spiro atoms. The smallest absolute Gasteiger partial charge is 0.408 e. The highest BCUT2D eigenvalue weighted by molar-refractivity contribution is 6.03. The van der Waals surface area contributed by atoms with Gasteiger partial charge >= 0.3 is 12.1 Å². The fraction of sp³-hybridized carbons (Fsp3) is 0.273. The predicted molar refractivity (Wildman–Crippen MR) is 126 cm³/mol. The lowest BCUT2D eigenvalue weighted by Crippen LogP contribution is -2.44. The number of aromatic carboxylic acids is 1. The highest BCUT2D eigenvalue weighted by Gasteiger charge is 2.23. The molecule has 13 heteroatoms. The van der Waals surface area contributed by atoms with Crippen molar-refractivity contribution in [3.05, 3.63) is 75.3 Å². The molecule has 0 fully saturated rings. The monoisotopic (exact) mass is 486 g/mol. The molecule has 0 aliphatic rings. The minimum absolute atomic E-state index is 0.0184. The zero-order chi connectivity index (χ0) is 25.8. The van der Waals surface area contributed by atoms with Crippen molar-refractivity contribution in [3.8, 4) is 0 Å². The van der Waals surface area contributed by atoms with E-state index in [1.165, 1.54) is 12.1 Å². The molecule has 13 nitrogen and oxygen atoms in total. The molecule has 0 aliphatic carbocycles. The Morgan fingerprint density at radius 3 is 2.57 bits per heavy atom. The van der Waals surface area contributed by atoms with Crippen LogP contribution in [0.4, 0.5) is 10.5 Å². The van der Waals surface area contributed by atoms with E-state index in [9.17, 15) is 29.6 Å². The topological polar surface area (TPSA) is 198 Å². The first-order valence-electron chi connectivity index (χ1n) is 10.5. The summed E-state index contributed by atoms with van der Waals surface area (Å²) < 4.78 is 5.17. The number of aryl methyl sites for hydroxylation is 1. The van der Waals surface area contributed by atoms with Crippen molar-refractivity contribution in [3.63, 3.8) is 0 Å². The molecule has 2 rings (SSSR count). The van der Waals surface area contributed by atoms with Crippen LogP contribution in [0.15, 0.2) is 53.5 Å². The fourth-order valence-electron chi connectivity index (χ4n) is 2.97. The Morgan fingerprint density at radius 2 is 1.91 bits per heavy atom. The molecule has 0 saturated carbocycles.